The van der Waals surface area contributed by atoms with Gasteiger partial charge < -0.3 is 9.88 Å². The maximum atomic E-state index is 12.7. The highest BCUT2D eigenvalue weighted by Gasteiger charge is 2.23. The van der Waals surface area contributed by atoms with E-state index >= 15 is 0 Å². The fourth-order valence-electron chi connectivity index (χ4n) is 5.18. The number of thiazole rings is 1. The molecule has 6 rings (SSSR count). The fourth-order valence-corrected chi connectivity index (χ4v) is 7.37. The van der Waals surface area contributed by atoms with Crippen LogP contribution in [0.5, 0.6) is 0 Å². The third-order valence-electron chi connectivity index (χ3n) is 7.28. The number of nitrogens with zero attached hydrogens (tertiary/aromatic N) is 4. The molecule has 3 heterocycles. The minimum absolute atomic E-state index is 0.292. The maximum Gasteiger partial charge on any atom is 0.271 e. The Morgan fingerprint density at radius 3 is 2.66 bits per heavy atom. The van der Waals surface area contributed by atoms with Crippen LogP contribution < -0.4 is 10.7 Å². The van der Waals surface area contributed by atoms with Crippen molar-refractivity contribution in [2.75, 3.05) is 5.32 Å². The molecule has 0 radical (unpaired) electrons. The van der Waals surface area contributed by atoms with Gasteiger partial charge in [0.2, 0.25) is 0 Å². The van der Waals surface area contributed by atoms with Crippen molar-refractivity contribution in [1.29, 1.82) is 5.26 Å². The second-order valence-electron chi connectivity index (χ2n) is 9.97. The number of aryl methyl sites for hydroxylation is 2. The van der Waals surface area contributed by atoms with Crippen molar-refractivity contribution in [3.05, 3.63) is 105 Å². The molecule has 0 unspecified atom stereocenters. The van der Waals surface area contributed by atoms with Gasteiger partial charge >= 0.3 is 0 Å². The van der Waals surface area contributed by atoms with E-state index in [2.05, 4.69) is 31.5 Å². The molecule has 0 aliphatic heterocycles. The number of amides is 1. The molecular weight excluding hydrogens is 549 g/mol. The monoisotopic (exact) mass is 576 g/mol. The first kappa shape index (κ1) is 26.7. The van der Waals surface area contributed by atoms with Crippen molar-refractivity contribution in [2.24, 2.45) is 5.10 Å². The predicted molar refractivity (Wildman–Crippen MR) is 167 cm³/mol. The summed E-state index contributed by atoms with van der Waals surface area (Å²) in [6.07, 6.45) is 6.01. The van der Waals surface area contributed by atoms with Crippen LogP contribution in [0.25, 0.3) is 16.3 Å². The highest BCUT2D eigenvalue weighted by atomic mass is 32.1. The number of carbonyl (C=O) groups is 1. The minimum atomic E-state index is -0.292. The zero-order chi connectivity index (χ0) is 28.3. The van der Waals surface area contributed by atoms with Crippen molar-refractivity contribution in [3.63, 3.8) is 0 Å². The molecule has 1 aliphatic rings. The summed E-state index contributed by atoms with van der Waals surface area (Å²) in [6.45, 7) is 4.06. The molecule has 1 aliphatic carbocycles. The van der Waals surface area contributed by atoms with E-state index in [1.165, 1.54) is 28.2 Å². The molecule has 0 fully saturated rings. The molecule has 0 saturated carbocycles. The predicted octanol–water partition coefficient (Wildman–Crippen LogP) is 7.54. The van der Waals surface area contributed by atoms with E-state index in [4.69, 9.17) is 0 Å². The average molecular weight is 577 g/mol. The summed E-state index contributed by atoms with van der Waals surface area (Å²) in [5.41, 5.74) is 10.9. The van der Waals surface area contributed by atoms with Gasteiger partial charge in [-0.25, -0.2) is 10.4 Å². The molecule has 1 amide bonds. The van der Waals surface area contributed by atoms with E-state index in [1.807, 2.05) is 67.8 Å². The number of hydrogen-bond donors (Lipinski definition) is 2. The summed E-state index contributed by atoms with van der Waals surface area (Å²) in [5.74, 6) is -0.292. The van der Waals surface area contributed by atoms with Crippen LogP contribution >= 0.6 is 22.7 Å². The lowest BCUT2D eigenvalue weighted by molar-refractivity contribution is 0.0955. The molecule has 0 saturated heterocycles. The van der Waals surface area contributed by atoms with Gasteiger partial charge in [-0.3, -0.25) is 4.79 Å². The quantitative estimate of drug-likeness (QED) is 0.155. The van der Waals surface area contributed by atoms with Crippen molar-refractivity contribution in [3.8, 4) is 22.3 Å². The zero-order valence-electron chi connectivity index (χ0n) is 22.8. The Morgan fingerprint density at radius 2 is 1.88 bits per heavy atom. The Labute approximate surface area is 246 Å². The number of aromatic nitrogens is 2. The summed E-state index contributed by atoms with van der Waals surface area (Å²) in [4.78, 5) is 18.7. The lowest BCUT2D eigenvalue weighted by Crippen LogP contribution is -2.17. The second kappa shape index (κ2) is 11.5. The minimum Gasteiger partial charge on any atom is -0.332 e. The van der Waals surface area contributed by atoms with Crippen molar-refractivity contribution >= 4 is 45.6 Å². The molecule has 41 heavy (non-hydrogen) atoms. The Bertz CT molecular complexity index is 1790. The van der Waals surface area contributed by atoms with Crippen molar-refractivity contribution in [2.45, 2.75) is 39.5 Å². The van der Waals surface area contributed by atoms with Crippen LogP contribution in [0.1, 0.15) is 56.2 Å². The first-order valence-electron chi connectivity index (χ1n) is 13.5. The number of fused-ring (bicyclic) bond motifs is 1. The summed E-state index contributed by atoms with van der Waals surface area (Å²) in [7, 11) is 0. The Morgan fingerprint density at radius 1 is 1.10 bits per heavy atom. The lowest BCUT2D eigenvalue weighted by atomic mass is 9.96. The summed E-state index contributed by atoms with van der Waals surface area (Å²) in [5, 5.41) is 21.2. The van der Waals surface area contributed by atoms with Crippen LogP contribution in [0, 0.1) is 25.2 Å². The summed E-state index contributed by atoms with van der Waals surface area (Å²) >= 11 is 3.26. The van der Waals surface area contributed by atoms with E-state index in [9.17, 15) is 10.1 Å². The number of hydrogen-bond acceptors (Lipinski definition) is 7. The summed E-state index contributed by atoms with van der Waals surface area (Å²) < 4.78 is 2.14. The van der Waals surface area contributed by atoms with Gasteiger partial charge in [-0.05, 0) is 75.4 Å². The molecule has 9 heteroatoms. The van der Waals surface area contributed by atoms with Crippen molar-refractivity contribution in [1.82, 2.24) is 15.0 Å². The largest absolute Gasteiger partial charge is 0.332 e. The standard InChI is InChI=1S/C32H28N6OS2/c1-20-16-24(21(2)38(20)31-27(17-33)26-10-6-7-11-29(26)41-31)18-34-37-30(39)23-12-14-25(15-13-23)35-32-36-28(19-40-32)22-8-4-3-5-9-22/h3-5,8-9,12-16,18-19H,6-7,10-11H2,1-2H3,(H,35,36)(H,37,39). The summed E-state index contributed by atoms with van der Waals surface area (Å²) in [6, 6.07) is 21.8. The Hall–Kier alpha value is -4.52. The third kappa shape index (κ3) is 5.44. The van der Waals surface area contributed by atoms with Crippen molar-refractivity contribution < 1.29 is 4.79 Å². The maximum absolute atomic E-state index is 12.7. The number of thiophene rings is 1. The van der Waals surface area contributed by atoms with Crippen LogP contribution in [0.4, 0.5) is 10.8 Å². The Balaban J connectivity index is 1.11. The number of nitrogens with one attached hydrogen (secondary N) is 2. The first-order valence-corrected chi connectivity index (χ1v) is 15.2. The van der Waals surface area contributed by atoms with E-state index in [0.29, 0.717) is 5.56 Å². The molecule has 204 valence electrons. The Kier molecular flexibility index (Phi) is 7.51. The number of nitriles is 1. The smallest absolute Gasteiger partial charge is 0.271 e. The van der Waals surface area contributed by atoms with Gasteiger partial charge in [-0.15, -0.1) is 22.7 Å². The van der Waals surface area contributed by atoms with Gasteiger partial charge in [-0.2, -0.15) is 10.4 Å². The number of hydrazone groups is 1. The van der Waals surface area contributed by atoms with Crippen LogP contribution in [0.2, 0.25) is 0 Å². The molecular formula is C32H28N6OS2. The number of anilines is 2. The molecule has 2 aromatic carbocycles. The molecule has 3 aromatic heterocycles. The van der Waals surface area contributed by atoms with Crippen LogP contribution in [0.15, 0.2) is 71.1 Å². The van der Waals surface area contributed by atoms with E-state index in [1.54, 1.807) is 29.7 Å². The molecule has 5 aromatic rings. The van der Waals surface area contributed by atoms with Gasteiger partial charge in [0.05, 0.1) is 17.5 Å². The van der Waals surface area contributed by atoms with E-state index < -0.39 is 0 Å². The van der Waals surface area contributed by atoms with E-state index in [0.717, 1.165) is 68.9 Å². The van der Waals surface area contributed by atoms with E-state index in [-0.39, 0.29) is 5.91 Å². The number of carbonyl (C=O) groups excluding carboxylic acids is 1. The van der Waals surface area contributed by atoms with Crippen LogP contribution in [-0.2, 0) is 12.8 Å². The lowest BCUT2D eigenvalue weighted by Gasteiger charge is -2.10. The molecule has 2 N–H and O–H groups in total. The van der Waals surface area contributed by atoms with Gasteiger partial charge in [-0.1, -0.05) is 30.3 Å². The van der Waals surface area contributed by atoms with Crippen LogP contribution in [-0.4, -0.2) is 21.7 Å². The van der Waals surface area contributed by atoms with Crippen LogP contribution in [0.3, 0.4) is 0 Å². The second-order valence-corrected chi connectivity index (χ2v) is 11.9. The molecule has 0 atom stereocenters. The number of benzene rings is 2. The molecule has 0 bridgehead atoms. The third-order valence-corrected chi connectivity index (χ3v) is 9.31. The highest BCUT2D eigenvalue weighted by molar-refractivity contribution is 7.15. The average Bonchev–Trinajstić information content (AvgIpc) is 3.69. The topological polar surface area (TPSA) is 95.1 Å². The van der Waals surface area contributed by atoms with Gasteiger partial charge in [0.15, 0.2) is 5.13 Å². The number of rotatable bonds is 7. The van der Waals surface area contributed by atoms with Gasteiger partial charge in [0.25, 0.3) is 5.91 Å². The van der Waals surface area contributed by atoms with Gasteiger partial charge in [0, 0.05) is 44.0 Å². The molecule has 7 nitrogen and oxygen atoms in total. The highest BCUT2D eigenvalue weighted by Crippen LogP contribution is 2.38. The van der Waals surface area contributed by atoms with Gasteiger partial charge in [0.1, 0.15) is 11.1 Å². The zero-order valence-corrected chi connectivity index (χ0v) is 24.4. The fraction of sp³-hybridized carbons (Fsp3) is 0.188. The normalized spacial score (nSPS) is 12.7. The molecule has 0 spiro atoms. The first-order chi connectivity index (χ1) is 20.0. The SMILES string of the molecule is Cc1cc(C=NNC(=O)c2ccc(Nc3nc(-c4ccccc4)cs3)cc2)c(C)n1-c1sc2c(c1C#N)CCCC2.